The molecule has 0 bridgehead atoms. The minimum atomic E-state index is -0.257. The van der Waals surface area contributed by atoms with Gasteiger partial charge in [0.1, 0.15) is 5.75 Å². The van der Waals surface area contributed by atoms with Crippen LogP contribution in [-0.2, 0) is 0 Å². The van der Waals surface area contributed by atoms with Crippen molar-refractivity contribution in [1.82, 2.24) is 4.57 Å². The zero-order chi connectivity index (χ0) is 16.6. The Labute approximate surface area is 142 Å². The molecule has 2 N–H and O–H groups in total. The van der Waals surface area contributed by atoms with E-state index in [2.05, 4.69) is 5.32 Å². The van der Waals surface area contributed by atoms with Gasteiger partial charge in [-0.05, 0) is 61.1 Å². The Balaban J connectivity index is 2.11. The highest BCUT2D eigenvalue weighted by atomic mass is 35.5. The first-order chi connectivity index (χ1) is 11.0. The molecule has 3 aromatic rings. The summed E-state index contributed by atoms with van der Waals surface area (Å²) in [6.07, 6.45) is 0. The zero-order valence-corrected chi connectivity index (χ0v) is 13.8. The highest BCUT2D eigenvalue weighted by Crippen LogP contribution is 2.22. The molecule has 23 heavy (non-hydrogen) atoms. The molecule has 0 amide bonds. The lowest BCUT2D eigenvalue weighted by molar-refractivity contribution is 0.476. The summed E-state index contributed by atoms with van der Waals surface area (Å²) in [4.78, 5) is 12.4. The largest absolute Gasteiger partial charge is 0.508 e. The van der Waals surface area contributed by atoms with Crippen molar-refractivity contribution in [3.05, 3.63) is 69.5 Å². The number of rotatable bonds is 1. The predicted molar refractivity (Wildman–Crippen MR) is 97.7 cm³/mol. The molecule has 0 aliphatic carbocycles. The van der Waals surface area contributed by atoms with Crippen LogP contribution in [0.15, 0.2) is 53.3 Å². The van der Waals surface area contributed by atoms with Crippen molar-refractivity contribution in [3.63, 3.8) is 0 Å². The first-order valence-corrected chi connectivity index (χ1v) is 7.66. The lowest BCUT2D eigenvalue weighted by Crippen LogP contribution is -2.31. The van der Waals surface area contributed by atoms with E-state index < -0.39 is 0 Å². The molecule has 1 heterocycles. The number of fused-ring (bicyclic) bond motifs is 1. The standard InChI is InChI=1S/C17H13ClN2O2S/c1-10-8-16(22)20(15-9-13(21)6-7-14(10)15)17(23)19-12-4-2-11(18)3-5-12/h2-9,21H,1H3,(H,19,23). The molecule has 4 nitrogen and oxygen atoms in total. The van der Waals surface area contributed by atoms with Gasteiger partial charge in [-0.3, -0.25) is 9.36 Å². The molecule has 0 radical (unpaired) electrons. The minimum Gasteiger partial charge on any atom is -0.508 e. The Morgan fingerprint density at radius 3 is 2.57 bits per heavy atom. The smallest absolute Gasteiger partial charge is 0.257 e. The van der Waals surface area contributed by atoms with Crippen molar-refractivity contribution in [3.8, 4) is 5.75 Å². The van der Waals surface area contributed by atoms with E-state index in [1.54, 1.807) is 36.4 Å². The van der Waals surface area contributed by atoms with E-state index in [1.165, 1.54) is 16.7 Å². The number of halogens is 1. The van der Waals surface area contributed by atoms with Crippen molar-refractivity contribution in [2.75, 3.05) is 5.32 Å². The first kappa shape index (κ1) is 15.5. The number of pyridine rings is 1. The maximum absolute atomic E-state index is 12.4. The molecule has 0 unspecified atom stereocenters. The monoisotopic (exact) mass is 344 g/mol. The van der Waals surface area contributed by atoms with Crippen LogP contribution in [0.2, 0.25) is 5.02 Å². The number of anilines is 1. The number of hydrogen-bond acceptors (Lipinski definition) is 3. The Morgan fingerprint density at radius 1 is 1.17 bits per heavy atom. The molecule has 0 saturated carbocycles. The summed E-state index contributed by atoms with van der Waals surface area (Å²) in [6.45, 7) is 1.85. The summed E-state index contributed by atoms with van der Waals surface area (Å²) < 4.78 is 1.37. The van der Waals surface area contributed by atoms with Gasteiger partial charge in [-0.25, -0.2) is 0 Å². The normalized spacial score (nSPS) is 10.7. The van der Waals surface area contributed by atoms with E-state index in [-0.39, 0.29) is 16.4 Å². The van der Waals surface area contributed by atoms with Crippen LogP contribution >= 0.6 is 23.8 Å². The molecule has 116 valence electrons. The number of nitrogens with zero attached hydrogens (tertiary/aromatic N) is 1. The third-order valence-corrected chi connectivity index (χ3v) is 4.04. The molecule has 2 aromatic carbocycles. The van der Waals surface area contributed by atoms with E-state index in [4.69, 9.17) is 23.8 Å². The molecular formula is C17H13ClN2O2S. The summed E-state index contributed by atoms with van der Waals surface area (Å²) >= 11 is 11.2. The summed E-state index contributed by atoms with van der Waals surface area (Å²) in [7, 11) is 0. The zero-order valence-electron chi connectivity index (χ0n) is 12.2. The fourth-order valence-corrected chi connectivity index (χ4v) is 2.84. The van der Waals surface area contributed by atoms with Gasteiger partial charge >= 0.3 is 0 Å². The highest BCUT2D eigenvalue weighted by Gasteiger charge is 2.11. The van der Waals surface area contributed by atoms with E-state index >= 15 is 0 Å². The van der Waals surface area contributed by atoms with Crippen LogP contribution in [0.25, 0.3) is 10.9 Å². The van der Waals surface area contributed by atoms with Gasteiger partial charge in [-0.2, -0.15) is 0 Å². The molecule has 0 fully saturated rings. The number of phenolic OH excluding ortho intramolecular Hbond substituents is 1. The molecular weight excluding hydrogens is 332 g/mol. The van der Waals surface area contributed by atoms with Gasteiger partial charge in [0.15, 0.2) is 5.11 Å². The van der Waals surface area contributed by atoms with E-state index in [0.717, 1.165) is 16.6 Å². The predicted octanol–water partition coefficient (Wildman–Crippen LogP) is 3.91. The maximum atomic E-state index is 12.4. The van der Waals surface area contributed by atoms with Crippen LogP contribution in [0.3, 0.4) is 0 Å². The molecule has 0 saturated heterocycles. The van der Waals surface area contributed by atoms with Gasteiger partial charge in [0.2, 0.25) is 0 Å². The summed E-state index contributed by atoms with van der Waals surface area (Å²) in [5.74, 6) is 0.0746. The van der Waals surface area contributed by atoms with Crippen molar-refractivity contribution >= 4 is 45.5 Å². The average molecular weight is 345 g/mol. The third kappa shape index (κ3) is 3.06. The Morgan fingerprint density at radius 2 is 1.87 bits per heavy atom. The first-order valence-electron chi connectivity index (χ1n) is 6.88. The number of thiocarbonyl (C=S) groups is 1. The van der Waals surface area contributed by atoms with Crippen molar-refractivity contribution < 1.29 is 5.11 Å². The van der Waals surface area contributed by atoms with Crippen LogP contribution < -0.4 is 10.9 Å². The van der Waals surface area contributed by atoms with E-state index in [1.807, 2.05) is 6.92 Å². The number of phenols is 1. The lowest BCUT2D eigenvalue weighted by Gasteiger charge is -2.14. The lowest BCUT2D eigenvalue weighted by atomic mass is 10.1. The third-order valence-electron chi connectivity index (χ3n) is 3.51. The van der Waals surface area contributed by atoms with Crippen LogP contribution in [0.5, 0.6) is 5.75 Å². The van der Waals surface area contributed by atoms with Crippen molar-refractivity contribution in [2.24, 2.45) is 0 Å². The van der Waals surface area contributed by atoms with Gasteiger partial charge in [-0.1, -0.05) is 11.6 Å². The van der Waals surface area contributed by atoms with Gasteiger partial charge in [0, 0.05) is 28.2 Å². The second kappa shape index (κ2) is 6.02. The van der Waals surface area contributed by atoms with Crippen molar-refractivity contribution in [2.45, 2.75) is 6.92 Å². The number of aromatic nitrogens is 1. The molecule has 0 atom stereocenters. The molecule has 0 aliphatic rings. The van der Waals surface area contributed by atoms with Gasteiger partial charge in [-0.15, -0.1) is 0 Å². The Hall–Kier alpha value is -2.37. The van der Waals surface area contributed by atoms with Gasteiger partial charge in [0.05, 0.1) is 5.52 Å². The Kier molecular flexibility index (Phi) is 4.07. The second-order valence-electron chi connectivity index (χ2n) is 5.14. The number of aromatic hydroxyl groups is 1. The molecule has 1 aromatic heterocycles. The summed E-state index contributed by atoms with van der Waals surface area (Å²) in [5, 5.41) is 14.5. The minimum absolute atomic E-state index is 0.0746. The molecule has 3 rings (SSSR count). The molecule has 6 heteroatoms. The maximum Gasteiger partial charge on any atom is 0.257 e. The molecule has 0 spiro atoms. The number of benzene rings is 2. The fraction of sp³-hybridized carbons (Fsp3) is 0.0588. The van der Waals surface area contributed by atoms with Crippen LogP contribution in [-0.4, -0.2) is 14.8 Å². The fourth-order valence-electron chi connectivity index (χ4n) is 2.41. The van der Waals surface area contributed by atoms with Gasteiger partial charge < -0.3 is 10.4 Å². The number of hydrogen-bond donors (Lipinski definition) is 2. The quantitative estimate of drug-likeness (QED) is 0.657. The SMILES string of the molecule is Cc1cc(=O)n(C(=S)Nc2ccc(Cl)cc2)c2cc(O)ccc12. The average Bonchev–Trinajstić information content (AvgIpc) is 2.49. The van der Waals surface area contributed by atoms with Crippen LogP contribution in [0, 0.1) is 6.92 Å². The molecule has 0 aliphatic heterocycles. The van der Waals surface area contributed by atoms with E-state index in [0.29, 0.717) is 10.5 Å². The number of nitrogens with one attached hydrogen (secondary N) is 1. The van der Waals surface area contributed by atoms with Gasteiger partial charge in [0.25, 0.3) is 5.56 Å². The topological polar surface area (TPSA) is 54.3 Å². The highest BCUT2D eigenvalue weighted by molar-refractivity contribution is 7.80. The second-order valence-corrected chi connectivity index (χ2v) is 5.96. The van der Waals surface area contributed by atoms with Crippen LogP contribution in [0.4, 0.5) is 5.69 Å². The summed E-state index contributed by atoms with van der Waals surface area (Å²) in [5.41, 5.74) is 1.85. The van der Waals surface area contributed by atoms with Crippen LogP contribution in [0.1, 0.15) is 5.56 Å². The summed E-state index contributed by atoms with van der Waals surface area (Å²) in [6, 6.07) is 13.4. The van der Waals surface area contributed by atoms with E-state index in [9.17, 15) is 9.90 Å². The Bertz CT molecular complexity index is 965. The number of aryl methyl sites for hydroxylation is 1. The van der Waals surface area contributed by atoms with Crippen molar-refractivity contribution in [1.29, 1.82) is 0 Å².